The summed E-state index contributed by atoms with van der Waals surface area (Å²) in [6.45, 7) is 5.84. The molecule has 0 heterocycles. The van der Waals surface area contributed by atoms with Crippen molar-refractivity contribution in [3.05, 3.63) is 42.5 Å². The molecule has 0 unspecified atom stereocenters. The van der Waals surface area contributed by atoms with Crippen LogP contribution in [0.4, 0.5) is 0 Å². The molecule has 1 aromatic rings. The van der Waals surface area contributed by atoms with Crippen LogP contribution in [0.3, 0.4) is 0 Å². The van der Waals surface area contributed by atoms with Gasteiger partial charge in [-0.2, -0.15) is 0 Å². The van der Waals surface area contributed by atoms with Crippen LogP contribution in [-0.2, 0) is 6.42 Å². The summed E-state index contributed by atoms with van der Waals surface area (Å²) in [6, 6.07) is 7.96. The average Bonchev–Trinajstić information content (AvgIpc) is 2.31. The maximum atomic E-state index is 8.58. The smallest absolute Gasteiger partial charge is 0.122 e. The highest BCUT2D eigenvalue weighted by atomic mass is 16.5. The number of aliphatic hydroxyl groups excluding tert-OH is 1. The summed E-state index contributed by atoms with van der Waals surface area (Å²) in [5.74, 6) is 0.910. The molecule has 0 aliphatic carbocycles. The molecule has 0 saturated heterocycles. The van der Waals surface area contributed by atoms with Crippen LogP contribution in [0.1, 0.15) is 5.56 Å². The molecule has 0 bridgehead atoms. The summed E-state index contributed by atoms with van der Waals surface area (Å²) in [7, 11) is 0. The molecule has 0 fully saturated rings. The Bertz CT molecular complexity index is 313. The summed E-state index contributed by atoms with van der Waals surface area (Å²) in [5.41, 5.74) is 1.15. The van der Waals surface area contributed by atoms with Crippen LogP contribution in [0.25, 0.3) is 0 Å². The van der Waals surface area contributed by atoms with Crippen LogP contribution in [0.15, 0.2) is 36.9 Å². The number of nitrogens with one attached hydrogen (secondary N) is 1. The molecule has 88 valence electrons. The minimum absolute atomic E-state index is 0.160. The van der Waals surface area contributed by atoms with Gasteiger partial charge >= 0.3 is 0 Å². The van der Waals surface area contributed by atoms with Crippen molar-refractivity contribution >= 4 is 0 Å². The van der Waals surface area contributed by atoms with E-state index in [0.717, 1.165) is 24.3 Å². The predicted molar refractivity (Wildman–Crippen MR) is 65.8 cm³/mol. The van der Waals surface area contributed by atoms with Crippen molar-refractivity contribution in [2.24, 2.45) is 0 Å². The number of benzene rings is 1. The minimum Gasteiger partial charge on any atom is -0.492 e. The van der Waals surface area contributed by atoms with E-state index in [9.17, 15) is 0 Å². The van der Waals surface area contributed by atoms with Crippen LogP contribution in [0.2, 0.25) is 0 Å². The Morgan fingerprint density at radius 3 is 2.88 bits per heavy atom. The molecule has 16 heavy (non-hydrogen) atoms. The van der Waals surface area contributed by atoms with Gasteiger partial charge in [0.1, 0.15) is 12.4 Å². The largest absolute Gasteiger partial charge is 0.492 e. The van der Waals surface area contributed by atoms with Gasteiger partial charge in [-0.1, -0.05) is 24.3 Å². The fourth-order valence-electron chi connectivity index (χ4n) is 1.41. The van der Waals surface area contributed by atoms with Gasteiger partial charge in [0.15, 0.2) is 0 Å². The highest BCUT2D eigenvalue weighted by Gasteiger charge is 2.00. The Hall–Kier alpha value is -1.32. The summed E-state index contributed by atoms with van der Waals surface area (Å²) in [6.07, 6.45) is 2.69. The highest BCUT2D eigenvalue weighted by molar-refractivity contribution is 5.34. The van der Waals surface area contributed by atoms with Gasteiger partial charge in [-0.25, -0.2) is 0 Å². The topological polar surface area (TPSA) is 41.5 Å². The van der Waals surface area contributed by atoms with Crippen LogP contribution in [-0.4, -0.2) is 31.4 Å². The zero-order valence-electron chi connectivity index (χ0n) is 9.48. The molecule has 1 aromatic carbocycles. The SMILES string of the molecule is C=CCc1ccccc1OCCNCCO. The maximum absolute atomic E-state index is 8.58. The summed E-state index contributed by atoms with van der Waals surface area (Å²) in [5, 5.41) is 11.6. The summed E-state index contributed by atoms with van der Waals surface area (Å²) in [4.78, 5) is 0. The van der Waals surface area contributed by atoms with Crippen molar-refractivity contribution in [3.63, 3.8) is 0 Å². The standard InChI is InChI=1S/C13H19NO2/c1-2-5-12-6-3-4-7-13(12)16-11-9-14-8-10-15/h2-4,6-7,14-15H,1,5,8-11H2. The fraction of sp³-hybridized carbons (Fsp3) is 0.385. The first kappa shape index (κ1) is 12.7. The van der Waals surface area contributed by atoms with Gasteiger partial charge in [-0.05, 0) is 18.1 Å². The lowest BCUT2D eigenvalue weighted by atomic mass is 10.1. The van der Waals surface area contributed by atoms with Gasteiger partial charge in [-0.3, -0.25) is 0 Å². The number of hydrogen-bond acceptors (Lipinski definition) is 3. The van der Waals surface area contributed by atoms with Crippen molar-refractivity contribution in [1.82, 2.24) is 5.32 Å². The Balaban J connectivity index is 2.37. The lowest BCUT2D eigenvalue weighted by Gasteiger charge is -2.10. The van der Waals surface area contributed by atoms with Gasteiger partial charge < -0.3 is 15.2 Å². The third-order valence-electron chi connectivity index (χ3n) is 2.16. The predicted octanol–water partition coefficient (Wildman–Crippen LogP) is 1.38. The quantitative estimate of drug-likeness (QED) is 0.514. The molecule has 3 nitrogen and oxygen atoms in total. The van der Waals surface area contributed by atoms with Crippen LogP contribution >= 0.6 is 0 Å². The highest BCUT2D eigenvalue weighted by Crippen LogP contribution is 2.18. The molecular weight excluding hydrogens is 202 g/mol. The average molecular weight is 221 g/mol. The van der Waals surface area contributed by atoms with Gasteiger partial charge in [0, 0.05) is 13.1 Å². The van der Waals surface area contributed by atoms with E-state index in [1.54, 1.807) is 0 Å². The van der Waals surface area contributed by atoms with Crippen molar-refractivity contribution in [2.45, 2.75) is 6.42 Å². The van der Waals surface area contributed by atoms with E-state index < -0.39 is 0 Å². The third kappa shape index (κ3) is 4.47. The van der Waals surface area contributed by atoms with Crippen LogP contribution in [0.5, 0.6) is 5.75 Å². The van der Waals surface area contributed by atoms with Crippen molar-refractivity contribution in [3.8, 4) is 5.75 Å². The normalized spacial score (nSPS) is 10.1. The number of aliphatic hydroxyl groups is 1. The summed E-state index contributed by atoms with van der Waals surface area (Å²) >= 11 is 0. The molecule has 1 rings (SSSR count). The third-order valence-corrected chi connectivity index (χ3v) is 2.16. The molecule has 0 radical (unpaired) electrons. The lowest BCUT2D eigenvalue weighted by molar-refractivity contribution is 0.275. The van der Waals surface area contributed by atoms with E-state index in [-0.39, 0.29) is 6.61 Å². The second kappa shape index (κ2) is 7.91. The van der Waals surface area contributed by atoms with Crippen molar-refractivity contribution in [1.29, 1.82) is 0 Å². The van der Waals surface area contributed by atoms with E-state index in [1.807, 2.05) is 30.3 Å². The Morgan fingerprint density at radius 1 is 1.31 bits per heavy atom. The van der Waals surface area contributed by atoms with Gasteiger partial charge in [0.2, 0.25) is 0 Å². The number of rotatable bonds is 8. The molecule has 3 heteroatoms. The second-order valence-corrected chi connectivity index (χ2v) is 3.42. The van der Waals surface area contributed by atoms with Gasteiger partial charge in [0.05, 0.1) is 6.61 Å². The number of hydrogen-bond donors (Lipinski definition) is 2. The molecule has 0 aliphatic heterocycles. The molecule has 0 aromatic heterocycles. The number of para-hydroxylation sites is 1. The van der Waals surface area contributed by atoms with E-state index in [4.69, 9.17) is 9.84 Å². The van der Waals surface area contributed by atoms with Gasteiger partial charge in [0.25, 0.3) is 0 Å². The number of allylic oxidation sites excluding steroid dienone is 1. The molecular formula is C13H19NO2. The monoisotopic (exact) mass is 221 g/mol. The minimum atomic E-state index is 0.160. The zero-order valence-corrected chi connectivity index (χ0v) is 9.48. The first-order valence-electron chi connectivity index (χ1n) is 5.51. The first-order valence-corrected chi connectivity index (χ1v) is 5.51. The van der Waals surface area contributed by atoms with E-state index in [1.165, 1.54) is 0 Å². The number of ether oxygens (including phenoxy) is 1. The fourth-order valence-corrected chi connectivity index (χ4v) is 1.41. The van der Waals surface area contributed by atoms with Crippen molar-refractivity contribution in [2.75, 3.05) is 26.3 Å². The summed E-state index contributed by atoms with van der Waals surface area (Å²) < 4.78 is 5.64. The molecule has 0 amide bonds. The van der Waals surface area contributed by atoms with E-state index in [0.29, 0.717) is 13.2 Å². The van der Waals surface area contributed by atoms with Crippen LogP contribution in [0, 0.1) is 0 Å². The Morgan fingerprint density at radius 2 is 2.12 bits per heavy atom. The maximum Gasteiger partial charge on any atom is 0.122 e. The molecule has 2 N–H and O–H groups in total. The van der Waals surface area contributed by atoms with Crippen molar-refractivity contribution < 1.29 is 9.84 Å². The molecule has 0 saturated carbocycles. The Labute approximate surface area is 96.8 Å². The molecule has 0 aliphatic rings. The molecule has 0 spiro atoms. The zero-order chi connectivity index (χ0) is 11.6. The molecule has 0 atom stereocenters. The lowest BCUT2D eigenvalue weighted by Crippen LogP contribution is -2.24. The van der Waals surface area contributed by atoms with Crippen LogP contribution < -0.4 is 10.1 Å². The van der Waals surface area contributed by atoms with E-state index >= 15 is 0 Å². The Kier molecular flexibility index (Phi) is 6.30. The first-order chi connectivity index (χ1) is 7.88. The second-order valence-electron chi connectivity index (χ2n) is 3.42. The van der Waals surface area contributed by atoms with E-state index in [2.05, 4.69) is 11.9 Å². The van der Waals surface area contributed by atoms with Gasteiger partial charge in [-0.15, -0.1) is 6.58 Å².